The standard InChI is InChI=1S/C18H17BrN4O3S/c1-24-14-7-5-13(19)8-12(14)10-20-23-17(21-22-18(23)27)11-4-6-15(25-2)16(9-11)26-3/h4-10H,1-3H3,(H,22,27). The largest absolute Gasteiger partial charge is 0.496 e. The molecule has 3 rings (SSSR count). The van der Waals surface area contributed by atoms with Crippen LogP contribution in [0.15, 0.2) is 46.0 Å². The Hall–Kier alpha value is -2.65. The van der Waals surface area contributed by atoms with E-state index in [-0.39, 0.29) is 0 Å². The number of hydrogen-bond donors (Lipinski definition) is 1. The molecule has 1 aromatic heterocycles. The summed E-state index contributed by atoms with van der Waals surface area (Å²) >= 11 is 8.77. The number of aromatic nitrogens is 3. The Morgan fingerprint density at radius 1 is 1.04 bits per heavy atom. The number of ether oxygens (including phenoxy) is 3. The summed E-state index contributed by atoms with van der Waals surface area (Å²) in [7, 11) is 4.78. The van der Waals surface area contributed by atoms with Crippen molar-refractivity contribution in [3.63, 3.8) is 0 Å². The lowest BCUT2D eigenvalue weighted by Crippen LogP contribution is -1.98. The Kier molecular flexibility index (Phi) is 5.92. The molecule has 3 aromatic rings. The Bertz CT molecular complexity index is 1050. The van der Waals surface area contributed by atoms with Crippen molar-refractivity contribution in [3.05, 3.63) is 51.2 Å². The van der Waals surface area contributed by atoms with Crippen LogP contribution in [0.5, 0.6) is 17.2 Å². The molecule has 0 atom stereocenters. The van der Waals surface area contributed by atoms with Gasteiger partial charge < -0.3 is 14.2 Å². The average molecular weight is 449 g/mol. The molecule has 0 radical (unpaired) electrons. The second-order valence-electron chi connectivity index (χ2n) is 5.36. The zero-order valence-electron chi connectivity index (χ0n) is 14.9. The minimum absolute atomic E-state index is 0.366. The molecule has 1 N–H and O–H groups in total. The molecule has 0 aliphatic carbocycles. The summed E-state index contributed by atoms with van der Waals surface area (Å²) in [6, 6.07) is 11.1. The van der Waals surface area contributed by atoms with Gasteiger partial charge in [0.2, 0.25) is 4.77 Å². The van der Waals surface area contributed by atoms with E-state index in [1.165, 1.54) is 4.68 Å². The van der Waals surface area contributed by atoms with Gasteiger partial charge in [0.25, 0.3) is 0 Å². The highest BCUT2D eigenvalue weighted by Gasteiger charge is 2.12. The van der Waals surface area contributed by atoms with E-state index >= 15 is 0 Å². The number of aromatic amines is 1. The number of benzene rings is 2. The van der Waals surface area contributed by atoms with Crippen LogP contribution in [-0.2, 0) is 0 Å². The van der Waals surface area contributed by atoms with Gasteiger partial charge in [-0.3, -0.25) is 0 Å². The molecule has 0 spiro atoms. The molecule has 0 aliphatic heterocycles. The first-order chi connectivity index (χ1) is 13.1. The Morgan fingerprint density at radius 2 is 1.74 bits per heavy atom. The molecular formula is C18H17BrN4O3S. The van der Waals surface area contributed by atoms with E-state index in [0.717, 1.165) is 15.6 Å². The fourth-order valence-corrected chi connectivity index (χ4v) is 3.05. The summed E-state index contributed by atoms with van der Waals surface area (Å²) in [4.78, 5) is 0. The second-order valence-corrected chi connectivity index (χ2v) is 6.67. The van der Waals surface area contributed by atoms with Crippen molar-refractivity contribution in [1.29, 1.82) is 0 Å². The highest BCUT2D eigenvalue weighted by molar-refractivity contribution is 9.10. The summed E-state index contributed by atoms with van der Waals surface area (Å²) in [5, 5.41) is 11.5. The molecule has 0 bridgehead atoms. The van der Waals surface area contributed by atoms with Gasteiger partial charge in [-0.1, -0.05) is 15.9 Å². The molecule has 0 aliphatic rings. The molecule has 0 unspecified atom stereocenters. The van der Waals surface area contributed by atoms with E-state index < -0.39 is 0 Å². The van der Waals surface area contributed by atoms with Crippen LogP contribution in [0.2, 0.25) is 0 Å². The zero-order chi connectivity index (χ0) is 19.4. The predicted octanol–water partition coefficient (Wildman–Crippen LogP) is 4.28. The Morgan fingerprint density at radius 3 is 2.44 bits per heavy atom. The van der Waals surface area contributed by atoms with Crippen LogP contribution in [0.1, 0.15) is 5.56 Å². The van der Waals surface area contributed by atoms with Gasteiger partial charge in [0.05, 0.1) is 27.5 Å². The maximum atomic E-state index is 5.37. The number of nitrogens with one attached hydrogen (secondary N) is 1. The normalized spacial score (nSPS) is 11.0. The smallest absolute Gasteiger partial charge is 0.216 e. The third kappa shape index (κ3) is 4.04. The van der Waals surface area contributed by atoms with Crippen LogP contribution in [0.3, 0.4) is 0 Å². The molecule has 0 saturated heterocycles. The molecule has 1 heterocycles. The molecule has 0 fully saturated rings. The summed E-state index contributed by atoms with van der Waals surface area (Å²) in [6.45, 7) is 0. The summed E-state index contributed by atoms with van der Waals surface area (Å²) in [6.07, 6.45) is 1.67. The van der Waals surface area contributed by atoms with Crippen molar-refractivity contribution in [2.75, 3.05) is 21.3 Å². The van der Waals surface area contributed by atoms with Gasteiger partial charge in [-0.2, -0.15) is 14.9 Å². The first kappa shape index (κ1) is 19.1. The van der Waals surface area contributed by atoms with Gasteiger partial charge in [-0.25, -0.2) is 5.10 Å². The minimum atomic E-state index is 0.366. The number of hydrogen-bond acceptors (Lipinski definition) is 6. The quantitative estimate of drug-likeness (QED) is 0.449. The lowest BCUT2D eigenvalue weighted by atomic mass is 10.2. The van der Waals surface area contributed by atoms with E-state index in [1.807, 2.05) is 30.3 Å². The number of methoxy groups -OCH3 is 3. The van der Waals surface area contributed by atoms with Gasteiger partial charge in [0, 0.05) is 15.6 Å². The SMILES string of the molecule is COc1ccc(Br)cc1C=Nn1c(-c2ccc(OC)c(OC)c2)n[nH]c1=S. The third-order valence-electron chi connectivity index (χ3n) is 3.80. The molecule has 140 valence electrons. The van der Waals surface area contributed by atoms with E-state index in [0.29, 0.717) is 27.8 Å². The van der Waals surface area contributed by atoms with Gasteiger partial charge >= 0.3 is 0 Å². The van der Waals surface area contributed by atoms with Crippen molar-refractivity contribution in [2.45, 2.75) is 0 Å². The molecule has 9 heteroatoms. The molecule has 27 heavy (non-hydrogen) atoms. The predicted molar refractivity (Wildman–Crippen MR) is 110 cm³/mol. The van der Waals surface area contributed by atoms with Crippen molar-refractivity contribution in [2.24, 2.45) is 5.10 Å². The third-order valence-corrected chi connectivity index (χ3v) is 4.55. The van der Waals surface area contributed by atoms with Gasteiger partial charge in [0.15, 0.2) is 17.3 Å². The fourth-order valence-electron chi connectivity index (χ4n) is 2.49. The molecule has 7 nitrogen and oxygen atoms in total. The highest BCUT2D eigenvalue weighted by Crippen LogP contribution is 2.31. The fraction of sp³-hybridized carbons (Fsp3) is 0.167. The Labute approximate surface area is 169 Å². The van der Waals surface area contributed by atoms with E-state index in [4.69, 9.17) is 26.4 Å². The second kappa shape index (κ2) is 8.36. The molecule has 2 aromatic carbocycles. The van der Waals surface area contributed by atoms with Crippen LogP contribution in [-0.4, -0.2) is 42.4 Å². The number of halogens is 1. The first-order valence-corrected chi connectivity index (χ1v) is 9.05. The van der Waals surface area contributed by atoms with Crippen molar-refractivity contribution in [3.8, 4) is 28.6 Å². The lowest BCUT2D eigenvalue weighted by Gasteiger charge is -2.09. The topological polar surface area (TPSA) is 73.7 Å². The molecule has 0 saturated carbocycles. The van der Waals surface area contributed by atoms with Crippen LogP contribution in [0.4, 0.5) is 0 Å². The average Bonchev–Trinajstić information content (AvgIpc) is 3.06. The number of nitrogens with zero attached hydrogens (tertiary/aromatic N) is 3. The maximum Gasteiger partial charge on any atom is 0.216 e. The van der Waals surface area contributed by atoms with Crippen molar-refractivity contribution < 1.29 is 14.2 Å². The minimum Gasteiger partial charge on any atom is -0.496 e. The highest BCUT2D eigenvalue weighted by atomic mass is 79.9. The van der Waals surface area contributed by atoms with Crippen LogP contribution < -0.4 is 14.2 Å². The van der Waals surface area contributed by atoms with Crippen LogP contribution in [0, 0.1) is 4.77 Å². The summed E-state index contributed by atoms with van der Waals surface area (Å²) in [5.41, 5.74) is 1.58. The van der Waals surface area contributed by atoms with Crippen molar-refractivity contribution >= 4 is 34.4 Å². The first-order valence-electron chi connectivity index (χ1n) is 7.85. The van der Waals surface area contributed by atoms with Crippen LogP contribution in [0.25, 0.3) is 11.4 Å². The number of H-pyrrole nitrogens is 1. The van der Waals surface area contributed by atoms with E-state index in [2.05, 4.69) is 31.2 Å². The van der Waals surface area contributed by atoms with Gasteiger partial charge in [-0.15, -0.1) is 0 Å². The van der Waals surface area contributed by atoms with Crippen LogP contribution >= 0.6 is 28.1 Å². The van der Waals surface area contributed by atoms with Gasteiger partial charge in [-0.05, 0) is 48.6 Å². The van der Waals surface area contributed by atoms with Crippen molar-refractivity contribution in [1.82, 2.24) is 14.9 Å². The molecule has 0 amide bonds. The molecular weight excluding hydrogens is 432 g/mol. The van der Waals surface area contributed by atoms with E-state index in [9.17, 15) is 0 Å². The lowest BCUT2D eigenvalue weighted by molar-refractivity contribution is 0.355. The maximum absolute atomic E-state index is 5.37. The number of rotatable bonds is 6. The van der Waals surface area contributed by atoms with Gasteiger partial charge in [0.1, 0.15) is 5.75 Å². The van der Waals surface area contributed by atoms with E-state index in [1.54, 1.807) is 33.6 Å². The summed E-state index contributed by atoms with van der Waals surface area (Å²) < 4.78 is 18.8. The summed E-state index contributed by atoms with van der Waals surface area (Å²) in [5.74, 6) is 2.47. The Balaban J connectivity index is 2.04. The zero-order valence-corrected chi connectivity index (χ0v) is 17.3. The monoisotopic (exact) mass is 448 g/mol.